The van der Waals surface area contributed by atoms with Gasteiger partial charge in [0.25, 0.3) is 0 Å². The van der Waals surface area contributed by atoms with Crippen LogP contribution in [0.15, 0.2) is 57.9 Å². The van der Waals surface area contributed by atoms with Crippen molar-refractivity contribution >= 4 is 32.1 Å². The quantitative estimate of drug-likeness (QED) is 0.757. The Morgan fingerprint density at radius 1 is 1.14 bits per heavy atom. The Morgan fingerprint density at radius 2 is 1.86 bits per heavy atom. The monoisotopic (exact) mass is 380 g/mol. The van der Waals surface area contributed by atoms with E-state index in [4.69, 9.17) is 8.92 Å². The van der Waals surface area contributed by atoms with Gasteiger partial charge in [0.15, 0.2) is 0 Å². The molecule has 1 aliphatic heterocycles. The van der Waals surface area contributed by atoms with E-state index in [9.17, 15) is 8.42 Å². The largest absolute Gasteiger partial charge is 0.458 e. The molecule has 2 aromatic rings. The lowest BCUT2D eigenvalue weighted by atomic mass is 10.1. The van der Waals surface area contributed by atoms with Gasteiger partial charge in [-0.1, -0.05) is 29.8 Å². The molecular weight excluding hydrogens is 368 g/mol. The van der Waals surface area contributed by atoms with Crippen molar-refractivity contribution in [3.8, 4) is 5.75 Å². The lowest BCUT2D eigenvalue weighted by Gasteiger charge is -2.22. The molecule has 1 unspecified atom stereocenters. The third kappa shape index (κ3) is 3.09. The minimum Gasteiger partial charge on any atom is -0.458 e. The average Bonchev–Trinajstić information content (AvgIpc) is 2.48. The number of hydrogen-bond donors (Lipinski definition) is 0. The summed E-state index contributed by atoms with van der Waals surface area (Å²) in [5.74, 6) is 0.564. The first kappa shape index (κ1) is 15.3. The Kier molecular flexibility index (Phi) is 4.08. The predicted molar refractivity (Wildman–Crippen MR) is 87.0 cm³/mol. The van der Waals surface area contributed by atoms with Crippen LogP contribution in [0.4, 0.5) is 0 Å². The van der Waals surface area contributed by atoms with Gasteiger partial charge in [0.2, 0.25) is 6.29 Å². The molecule has 22 heavy (non-hydrogen) atoms. The highest BCUT2D eigenvalue weighted by Crippen LogP contribution is 2.34. The molecule has 0 saturated heterocycles. The maximum Gasteiger partial charge on any atom is 0.300 e. The molecule has 0 spiro atoms. The normalized spacial score (nSPS) is 16.9. The van der Waals surface area contributed by atoms with E-state index >= 15 is 0 Å². The van der Waals surface area contributed by atoms with Crippen molar-refractivity contribution in [2.24, 2.45) is 0 Å². The first-order chi connectivity index (χ1) is 10.5. The second-order valence-corrected chi connectivity index (χ2v) is 7.29. The minimum atomic E-state index is -3.88. The van der Waals surface area contributed by atoms with Gasteiger partial charge >= 0.3 is 10.1 Å². The van der Waals surface area contributed by atoms with Crippen LogP contribution >= 0.6 is 15.9 Å². The second-order valence-electron chi connectivity index (χ2n) is 4.87. The fraction of sp³-hybridized carbons (Fsp3) is 0.125. The van der Waals surface area contributed by atoms with Gasteiger partial charge in [0.05, 0.1) is 9.37 Å². The lowest BCUT2D eigenvalue weighted by molar-refractivity contribution is 0.0508. The molecule has 1 aliphatic rings. The Morgan fingerprint density at radius 3 is 2.59 bits per heavy atom. The van der Waals surface area contributed by atoms with E-state index < -0.39 is 16.4 Å². The zero-order valence-corrected chi connectivity index (χ0v) is 14.1. The van der Waals surface area contributed by atoms with Crippen LogP contribution in [0.1, 0.15) is 11.1 Å². The van der Waals surface area contributed by atoms with Crippen molar-refractivity contribution in [2.75, 3.05) is 0 Å². The van der Waals surface area contributed by atoms with Crippen LogP contribution in [0.25, 0.3) is 6.08 Å². The topological polar surface area (TPSA) is 52.6 Å². The van der Waals surface area contributed by atoms with Crippen LogP contribution < -0.4 is 4.74 Å². The molecular formula is C16H13BrO4S. The minimum absolute atomic E-state index is 0.105. The van der Waals surface area contributed by atoms with Gasteiger partial charge in [-0.25, -0.2) is 4.18 Å². The van der Waals surface area contributed by atoms with Crippen LogP contribution in [-0.4, -0.2) is 14.7 Å². The third-order valence-electron chi connectivity index (χ3n) is 3.20. The average molecular weight is 381 g/mol. The van der Waals surface area contributed by atoms with Crippen molar-refractivity contribution < 1.29 is 17.3 Å². The highest BCUT2D eigenvalue weighted by molar-refractivity contribution is 9.10. The number of fused-ring (bicyclic) bond motifs is 1. The van der Waals surface area contributed by atoms with E-state index in [2.05, 4.69) is 15.9 Å². The number of aryl methyl sites for hydroxylation is 1. The maximum atomic E-state index is 12.3. The van der Waals surface area contributed by atoms with E-state index in [0.717, 1.165) is 15.6 Å². The molecule has 0 aliphatic carbocycles. The van der Waals surface area contributed by atoms with Gasteiger partial charge in [0.1, 0.15) is 5.75 Å². The molecule has 1 heterocycles. The van der Waals surface area contributed by atoms with Gasteiger partial charge in [0, 0.05) is 5.56 Å². The molecule has 3 rings (SSSR count). The standard InChI is InChI=1S/C16H13BrO4S/c1-11-5-8-13(9-6-11)22(18,19)21-15-10-7-12-3-2-4-14(17)16(12)20-15/h2-10,15H,1H3. The van der Waals surface area contributed by atoms with Gasteiger partial charge in [-0.3, -0.25) is 0 Å². The number of halogens is 1. The molecule has 6 heteroatoms. The van der Waals surface area contributed by atoms with Gasteiger partial charge in [-0.2, -0.15) is 8.42 Å². The molecule has 0 aromatic heterocycles. The smallest absolute Gasteiger partial charge is 0.300 e. The van der Waals surface area contributed by atoms with E-state index in [1.165, 1.54) is 12.1 Å². The number of rotatable bonds is 3. The summed E-state index contributed by atoms with van der Waals surface area (Å²) < 4.78 is 36.0. The summed E-state index contributed by atoms with van der Waals surface area (Å²) in [7, 11) is -3.88. The Balaban J connectivity index is 1.83. The van der Waals surface area contributed by atoms with E-state index in [-0.39, 0.29) is 4.90 Å². The van der Waals surface area contributed by atoms with E-state index in [0.29, 0.717) is 5.75 Å². The number of hydrogen-bond acceptors (Lipinski definition) is 4. The van der Waals surface area contributed by atoms with Crippen LogP contribution in [0, 0.1) is 6.92 Å². The van der Waals surface area contributed by atoms with Crippen molar-refractivity contribution in [3.05, 3.63) is 64.1 Å². The molecule has 0 saturated carbocycles. The second kappa shape index (κ2) is 5.87. The Labute approximate surface area is 137 Å². The molecule has 0 amide bonds. The molecule has 1 atom stereocenters. The summed E-state index contributed by atoms with van der Waals surface area (Å²) >= 11 is 3.38. The van der Waals surface area contributed by atoms with Crippen molar-refractivity contribution in [1.82, 2.24) is 0 Å². The molecule has 0 fully saturated rings. The van der Waals surface area contributed by atoms with Crippen LogP contribution in [-0.2, 0) is 14.3 Å². The summed E-state index contributed by atoms with van der Waals surface area (Å²) in [5.41, 5.74) is 1.84. The number of ether oxygens (including phenoxy) is 1. The molecule has 2 aromatic carbocycles. The fourth-order valence-electron chi connectivity index (χ4n) is 2.06. The van der Waals surface area contributed by atoms with Crippen molar-refractivity contribution in [2.45, 2.75) is 18.1 Å². The molecule has 0 bridgehead atoms. The summed E-state index contributed by atoms with van der Waals surface area (Å²) in [6, 6.07) is 12.0. The first-order valence-corrected chi connectivity index (χ1v) is 8.79. The summed E-state index contributed by atoms with van der Waals surface area (Å²) in [6.45, 7) is 1.89. The summed E-state index contributed by atoms with van der Waals surface area (Å²) in [5, 5.41) is 0. The molecule has 0 N–H and O–H groups in total. The third-order valence-corrected chi connectivity index (χ3v) is 5.11. The van der Waals surface area contributed by atoms with Crippen molar-refractivity contribution in [3.63, 3.8) is 0 Å². The zero-order valence-electron chi connectivity index (χ0n) is 11.7. The Hall–Kier alpha value is -1.63. The first-order valence-electron chi connectivity index (χ1n) is 6.59. The summed E-state index contributed by atoms with van der Waals surface area (Å²) in [4.78, 5) is 0.105. The van der Waals surface area contributed by atoms with Crippen LogP contribution in [0.5, 0.6) is 5.75 Å². The van der Waals surface area contributed by atoms with Gasteiger partial charge < -0.3 is 4.74 Å². The van der Waals surface area contributed by atoms with Gasteiger partial charge in [-0.05, 0) is 53.2 Å². The Bertz CT molecular complexity index is 826. The van der Waals surface area contributed by atoms with Crippen LogP contribution in [0.2, 0.25) is 0 Å². The lowest BCUT2D eigenvalue weighted by Crippen LogP contribution is -2.24. The molecule has 4 nitrogen and oxygen atoms in total. The highest BCUT2D eigenvalue weighted by Gasteiger charge is 2.25. The van der Waals surface area contributed by atoms with Gasteiger partial charge in [-0.15, -0.1) is 0 Å². The number of para-hydroxylation sites is 1. The zero-order chi connectivity index (χ0) is 15.7. The number of benzene rings is 2. The molecule has 0 radical (unpaired) electrons. The fourth-order valence-corrected chi connectivity index (χ4v) is 3.46. The van der Waals surface area contributed by atoms with Crippen molar-refractivity contribution in [1.29, 1.82) is 0 Å². The maximum absolute atomic E-state index is 12.3. The SMILES string of the molecule is Cc1ccc(S(=O)(=O)OC2C=Cc3cccc(Br)c3O2)cc1. The molecule has 114 valence electrons. The van der Waals surface area contributed by atoms with Crippen LogP contribution in [0.3, 0.4) is 0 Å². The predicted octanol–water partition coefficient (Wildman–Crippen LogP) is 3.89. The highest BCUT2D eigenvalue weighted by atomic mass is 79.9. The van der Waals surface area contributed by atoms with E-state index in [1.54, 1.807) is 24.3 Å². The summed E-state index contributed by atoms with van der Waals surface area (Å²) in [6.07, 6.45) is 2.36. The van der Waals surface area contributed by atoms with E-state index in [1.807, 2.05) is 25.1 Å².